The summed E-state index contributed by atoms with van der Waals surface area (Å²) >= 11 is 0. The standard InChI is InChI=1S/C25H26N4O6/c26-12-6-5-11-21(24(33)28-13-22(30)27-14-23(31)32)29-25(34)35-15-20-18-9-3-1-7-16(18)17-8-2-4-10-19(17)20/h1-4,7-10,20-21H,5-6,11,13-15H2,(H,27,30)(H,28,33)(H,29,34)(H,31,32). The van der Waals surface area contributed by atoms with Crippen molar-refractivity contribution in [3.05, 3.63) is 59.7 Å². The molecule has 4 N–H and O–H groups in total. The van der Waals surface area contributed by atoms with Crippen LogP contribution in [0.5, 0.6) is 0 Å². The maximum Gasteiger partial charge on any atom is 0.407 e. The van der Waals surface area contributed by atoms with Gasteiger partial charge in [0.1, 0.15) is 19.2 Å². The summed E-state index contributed by atoms with van der Waals surface area (Å²) in [5, 5.41) is 24.4. The molecule has 1 aliphatic carbocycles. The molecule has 10 nitrogen and oxygen atoms in total. The number of amides is 3. The van der Waals surface area contributed by atoms with Crippen molar-refractivity contribution in [2.75, 3.05) is 19.7 Å². The lowest BCUT2D eigenvalue weighted by molar-refractivity contribution is -0.137. The number of alkyl carbamates (subject to hydrolysis) is 1. The number of benzene rings is 2. The second-order valence-electron chi connectivity index (χ2n) is 7.96. The molecule has 0 bridgehead atoms. The van der Waals surface area contributed by atoms with Crippen LogP contribution in [0.3, 0.4) is 0 Å². The van der Waals surface area contributed by atoms with Crippen molar-refractivity contribution < 1.29 is 29.0 Å². The third-order valence-corrected chi connectivity index (χ3v) is 5.59. The van der Waals surface area contributed by atoms with Crippen LogP contribution < -0.4 is 16.0 Å². The number of carboxylic acids is 1. The summed E-state index contributed by atoms with van der Waals surface area (Å²) in [4.78, 5) is 47.3. The highest BCUT2D eigenvalue weighted by molar-refractivity contribution is 5.90. The fourth-order valence-electron chi connectivity index (χ4n) is 3.96. The number of nitrogens with zero attached hydrogens (tertiary/aromatic N) is 1. The number of nitrogens with one attached hydrogen (secondary N) is 3. The maximum absolute atomic E-state index is 12.6. The SMILES string of the molecule is N#CCCCC(NC(=O)OCC1c2ccccc2-c2ccccc21)C(=O)NCC(=O)NCC(=O)O. The number of hydrogen-bond donors (Lipinski definition) is 4. The molecule has 35 heavy (non-hydrogen) atoms. The molecule has 2 aromatic rings. The molecular weight excluding hydrogens is 452 g/mol. The molecule has 182 valence electrons. The van der Waals surface area contributed by atoms with Crippen LogP contribution in [0.2, 0.25) is 0 Å². The largest absolute Gasteiger partial charge is 0.480 e. The first-order chi connectivity index (χ1) is 16.9. The Labute approximate surface area is 202 Å². The third-order valence-electron chi connectivity index (χ3n) is 5.59. The summed E-state index contributed by atoms with van der Waals surface area (Å²) in [6.07, 6.45) is -0.0849. The van der Waals surface area contributed by atoms with Crippen LogP contribution in [-0.4, -0.2) is 54.7 Å². The number of carbonyl (C=O) groups is 4. The van der Waals surface area contributed by atoms with E-state index in [1.165, 1.54) is 0 Å². The van der Waals surface area contributed by atoms with E-state index in [0.29, 0.717) is 6.42 Å². The van der Waals surface area contributed by atoms with Crippen LogP contribution in [0, 0.1) is 11.3 Å². The van der Waals surface area contributed by atoms with Gasteiger partial charge in [0.2, 0.25) is 11.8 Å². The van der Waals surface area contributed by atoms with E-state index in [-0.39, 0.29) is 25.4 Å². The first kappa shape index (κ1) is 25.2. The first-order valence-electron chi connectivity index (χ1n) is 11.2. The smallest absolute Gasteiger partial charge is 0.407 e. The van der Waals surface area contributed by atoms with E-state index in [4.69, 9.17) is 15.1 Å². The predicted molar refractivity (Wildman–Crippen MR) is 125 cm³/mol. The normalized spacial score (nSPS) is 12.4. The Kier molecular flexibility index (Phi) is 8.78. The molecule has 10 heteroatoms. The van der Waals surface area contributed by atoms with Crippen LogP contribution in [0.25, 0.3) is 11.1 Å². The number of nitriles is 1. The van der Waals surface area contributed by atoms with E-state index in [2.05, 4.69) is 16.0 Å². The average molecular weight is 479 g/mol. The highest BCUT2D eigenvalue weighted by Gasteiger charge is 2.29. The zero-order valence-electron chi connectivity index (χ0n) is 19.0. The van der Waals surface area contributed by atoms with E-state index in [0.717, 1.165) is 22.3 Å². The van der Waals surface area contributed by atoms with Crippen molar-refractivity contribution in [1.29, 1.82) is 5.26 Å². The number of carboxylic acid groups (broad SMARTS) is 1. The Hall–Kier alpha value is -4.39. The Bertz CT molecular complexity index is 1100. The average Bonchev–Trinajstić information content (AvgIpc) is 3.18. The molecule has 0 spiro atoms. The van der Waals surface area contributed by atoms with E-state index in [1.54, 1.807) is 0 Å². The van der Waals surface area contributed by atoms with Crippen LogP contribution in [0.15, 0.2) is 48.5 Å². The summed E-state index contributed by atoms with van der Waals surface area (Å²) in [7, 11) is 0. The second kappa shape index (κ2) is 12.2. The quantitative estimate of drug-likeness (QED) is 0.359. The Morgan fingerprint density at radius 3 is 2.20 bits per heavy atom. The number of carbonyl (C=O) groups excluding carboxylic acids is 3. The van der Waals surface area contributed by atoms with Gasteiger partial charge in [-0.15, -0.1) is 0 Å². The molecule has 2 aromatic carbocycles. The Morgan fingerprint density at radius 2 is 1.60 bits per heavy atom. The minimum absolute atomic E-state index is 0.0734. The van der Waals surface area contributed by atoms with Gasteiger partial charge in [0.15, 0.2) is 0 Å². The van der Waals surface area contributed by atoms with Crippen molar-refractivity contribution >= 4 is 23.9 Å². The van der Waals surface area contributed by atoms with Crippen molar-refractivity contribution in [1.82, 2.24) is 16.0 Å². The van der Waals surface area contributed by atoms with Gasteiger partial charge in [-0.1, -0.05) is 48.5 Å². The van der Waals surface area contributed by atoms with Gasteiger partial charge in [-0.3, -0.25) is 14.4 Å². The van der Waals surface area contributed by atoms with Gasteiger partial charge in [0, 0.05) is 12.3 Å². The van der Waals surface area contributed by atoms with E-state index < -0.39 is 43.0 Å². The highest BCUT2D eigenvalue weighted by Crippen LogP contribution is 2.44. The Balaban J connectivity index is 1.58. The fourth-order valence-corrected chi connectivity index (χ4v) is 3.96. The van der Waals surface area contributed by atoms with Gasteiger partial charge in [0.25, 0.3) is 0 Å². The number of unbranched alkanes of at least 4 members (excludes halogenated alkanes) is 1. The predicted octanol–water partition coefficient (Wildman–Crippen LogP) is 1.90. The number of hydrogen-bond acceptors (Lipinski definition) is 6. The molecule has 0 radical (unpaired) electrons. The molecular formula is C25H26N4O6. The van der Waals surface area contributed by atoms with E-state index in [9.17, 15) is 19.2 Å². The molecule has 1 atom stereocenters. The lowest BCUT2D eigenvalue weighted by Crippen LogP contribution is -2.49. The van der Waals surface area contributed by atoms with Crippen molar-refractivity contribution in [3.8, 4) is 17.2 Å². The zero-order valence-corrected chi connectivity index (χ0v) is 19.0. The third kappa shape index (κ3) is 6.80. The fraction of sp³-hybridized carbons (Fsp3) is 0.320. The second-order valence-corrected chi connectivity index (χ2v) is 7.96. The summed E-state index contributed by atoms with van der Waals surface area (Å²) in [5.74, 6) is -2.67. The molecule has 0 saturated heterocycles. The minimum Gasteiger partial charge on any atom is -0.480 e. The highest BCUT2D eigenvalue weighted by atomic mass is 16.5. The summed E-state index contributed by atoms with van der Waals surface area (Å²) < 4.78 is 5.48. The molecule has 3 rings (SSSR count). The van der Waals surface area contributed by atoms with Gasteiger partial charge in [-0.05, 0) is 35.1 Å². The Morgan fingerprint density at radius 1 is 0.971 bits per heavy atom. The monoisotopic (exact) mass is 478 g/mol. The van der Waals surface area contributed by atoms with Crippen LogP contribution in [-0.2, 0) is 19.1 Å². The molecule has 0 aliphatic heterocycles. The van der Waals surface area contributed by atoms with E-state index in [1.807, 2.05) is 54.6 Å². The van der Waals surface area contributed by atoms with Crippen LogP contribution in [0.4, 0.5) is 4.79 Å². The van der Waals surface area contributed by atoms with Crippen molar-refractivity contribution in [3.63, 3.8) is 0 Å². The van der Waals surface area contributed by atoms with Gasteiger partial charge < -0.3 is 25.8 Å². The topological polar surface area (TPSA) is 158 Å². The minimum atomic E-state index is -1.21. The number of rotatable bonds is 11. The molecule has 0 heterocycles. The van der Waals surface area contributed by atoms with Crippen LogP contribution in [0.1, 0.15) is 36.3 Å². The lowest BCUT2D eigenvalue weighted by Gasteiger charge is -2.19. The summed E-state index contributed by atoms with van der Waals surface area (Å²) in [6, 6.07) is 16.8. The molecule has 1 aliphatic rings. The molecule has 0 aromatic heterocycles. The van der Waals surface area contributed by atoms with Gasteiger partial charge >= 0.3 is 12.1 Å². The number of aliphatic carboxylic acids is 1. The van der Waals surface area contributed by atoms with Gasteiger partial charge in [0.05, 0.1) is 12.6 Å². The van der Waals surface area contributed by atoms with E-state index >= 15 is 0 Å². The zero-order chi connectivity index (χ0) is 25.2. The lowest BCUT2D eigenvalue weighted by atomic mass is 9.98. The van der Waals surface area contributed by atoms with Gasteiger partial charge in [-0.2, -0.15) is 5.26 Å². The summed E-state index contributed by atoms with van der Waals surface area (Å²) in [5.41, 5.74) is 4.29. The van der Waals surface area contributed by atoms with Gasteiger partial charge in [-0.25, -0.2) is 4.79 Å². The number of ether oxygens (including phenoxy) is 1. The maximum atomic E-state index is 12.6. The first-order valence-corrected chi connectivity index (χ1v) is 11.2. The van der Waals surface area contributed by atoms with Crippen LogP contribution >= 0.6 is 0 Å². The molecule has 3 amide bonds. The summed E-state index contributed by atoms with van der Waals surface area (Å²) in [6.45, 7) is -0.949. The molecule has 0 saturated carbocycles. The van der Waals surface area contributed by atoms with Crippen molar-refractivity contribution in [2.45, 2.75) is 31.2 Å². The molecule has 0 fully saturated rings. The van der Waals surface area contributed by atoms with Crippen molar-refractivity contribution in [2.24, 2.45) is 0 Å². The number of fused-ring (bicyclic) bond motifs is 3. The molecule has 1 unspecified atom stereocenters.